The first-order valence-corrected chi connectivity index (χ1v) is 3.76. The largest absolute Gasteiger partial charge is 0.376 e. The zero-order valence-electron chi connectivity index (χ0n) is 7.03. The maximum absolute atomic E-state index is 5.53. The van der Waals surface area contributed by atoms with Crippen LogP contribution in [-0.4, -0.2) is 12.2 Å². The van der Waals surface area contributed by atoms with E-state index in [0.29, 0.717) is 0 Å². The van der Waals surface area contributed by atoms with Crippen LogP contribution in [-0.2, 0) is 4.74 Å². The lowest BCUT2D eigenvalue weighted by molar-refractivity contribution is -0.0195. The molecule has 0 aliphatic heterocycles. The number of hydrogen-bond acceptors (Lipinski definition) is 1. The lowest BCUT2D eigenvalue weighted by Gasteiger charge is -2.22. The van der Waals surface area contributed by atoms with Crippen molar-refractivity contribution in [2.45, 2.75) is 46.1 Å². The van der Waals surface area contributed by atoms with Crippen LogP contribution < -0.4 is 0 Å². The van der Waals surface area contributed by atoms with Crippen LogP contribution in [0.3, 0.4) is 0 Å². The summed E-state index contributed by atoms with van der Waals surface area (Å²) in [6.07, 6.45) is 2.20. The van der Waals surface area contributed by atoms with Gasteiger partial charge in [0, 0.05) is 6.61 Å². The van der Waals surface area contributed by atoms with Crippen molar-refractivity contribution in [2.24, 2.45) is 0 Å². The average molecular weight is 130 g/mol. The van der Waals surface area contributed by atoms with Gasteiger partial charge in [0.05, 0.1) is 5.60 Å². The van der Waals surface area contributed by atoms with Crippen molar-refractivity contribution in [1.29, 1.82) is 0 Å². The van der Waals surface area contributed by atoms with E-state index in [1.165, 1.54) is 0 Å². The minimum atomic E-state index is 0.0933. The number of ether oxygens (including phenoxy) is 1. The second-order valence-corrected chi connectivity index (χ2v) is 2.96. The topological polar surface area (TPSA) is 9.23 Å². The summed E-state index contributed by atoms with van der Waals surface area (Å²) in [5.74, 6) is 0. The summed E-state index contributed by atoms with van der Waals surface area (Å²) in [7, 11) is 0. The predicted octanol–water partition coefficient (Wildman–Crippen LogP) is 2.60. The monoisotopic (exact) mass is 130 g/mol. The molecule has 0 aliphatic carbocycles. The quantitative estimate of drug-likeness (QED) is 0.568. The van der Waals surface area contributed by atoms with Crippen LogP contribution >= 0.6 is 0 Å². The third kappa shape index (κ3) is 4.46. The fourth-order valence-corrected chi connectivity index (χ4v) is 0.480. The molecular formula is C8H18O. The van der Waals surface area contributed by atoms with Crippen molar-refractivity contribution in [3.63, 3.8) is 0 Å². The summed E-state index contributed by atoms with van der Waals surface area (Å²) in [6, 6.07) is 0. The second-order valence-electron chi connectivity index (χ2n) is 2.96. The fraction of sp³-hybridized carbons (Fsp3) is 1.00. The van der Waals surface area contributed by atoms with Crippen LogP contribution in [0.5, 0.6) is 0 Å². The van der Waals surface area contributed by atoms with Gasteiger partial charge in [-0.3, -0.25) is 0 Å². The smallest absolute Gasteiger partial charge is 0.0623 e. The Labute approximate surface area is 58.4 Å². The minimum Gasteiger partial charge on any atom is -0.376 e. The average Bonchev–Trinajstić information content (AvgIpc) is 1.84. The molecule has 0 fully saturated rings. The standard InChI is InChI=1S/C8H18O/c1-5-7-9-8(3,4)6-2/h5-7H2,1-4H3. The van der Waals surface area contributed by atoms with E-state index in [1.807, 2.05) is 0 Å². The first-order chi connectivity index (χ1) is 4.12. The van der Waals surface area contributed by atoms with E-state index < -0.39 is 0 Å². The first-order valence-electron chi connectivity index (χ1n) is 3.76. The molecule has 0 aliphatic rings. The van der Waals surface area contributed by atoms with Gasteiger partial charge in [0.15, 0.2) is 0 Å². The Morgan fingerprint density at radius 3 is 2.11 bits per heavy atom. The van der Waals surface area contributed by atoms with Crippen molar-refractivity contribution >= 4 is 0 Å². The van der Waals surface area contributed by atoms with E-state index >= 15 is 0 Å². The van der Waals surface area contributed by atoms with Crippen LogP contribution in [0.4, 0.5) is 0 Å². The zero-order valence-corrected chi connectivity index (χ0v) is 7.03. The van der Waals surface area contributed by atoms with Crippen LogP contribution in [0.15, 0.2) is 0 Å². The van der Waals surface area contributed by atoms with Crippen molar-refractivity contribution in [3.05, 3.63) is 0 Å². The van der Waals surface area contributed by atoms with Gasteiger partial charge in [-0.05, 0) is 26.7 Å². The van der Waals surface area contributed by atoms with Gasteiger partial charge < -0.3 is 4.74 Å². The third-order valence-corrected chi connectivity index (χ3v) is 1.55. The molecule has 0 aromatic carbocycles. The molecule has 0 saturated carbocycles. The van der Waals surface area contributed by atoms with Crippen LogP contribution in [0.2, 0.25) is 0 Å². The molecule has 0 unspecified atom stereocenters. The SMILES string of the molecule is CCCOC(C)(C)CC. The van der Waals surface area contributed by atoms with E-state index in [0.717, 1.165) is 19.4 Å². The molecule has 0 heterocycles. The van der Waals surface area contributed by atoms with Crippen LogP contribution in [0, 0.1) is 0 Å². The summed E-state index contributed by atoms with van der Waals surface area (Å²) in [4.78, 5) is 0. The Bertz CT molecular complexity index is 67.0. The van der Waals surface area contributed by atoms with Gasteiger partial charge in [0.2, 0.25) is 0 Å². The molecule has 0 aromatic rings. The van der Waals surface area contributed by atoms with Crippen molar-refractivity contribution in [1.82, 2.24) is 0 Å². The van der Waals surface area contributed by atoms with Crippen molar-refractivity contribution in [2.75, 3.05) is 6.61 Å². The van der Waals surface area contributed by atoms with Gasteiger partial charge in [-0.2, -0.15) is 0 Å². The summed E-state index contributed by atoms with van der Waals surface area (Å²) in [5.41, 5.74) is 0.0933. The summed E-state index contributed by atoms with van der Waals surface area (Å²) >= 11 is 0. The van der Waals surface area contributed by atoms with E-state index in [-0.39, 0.29) is 5.60 Å². The van der Waals surface area contributed by atoms with Gasteiger partial charge in [0.25, 0.3) is 0 Å². The summed E-state index contributed by atoms with van der Waals surface area (Å²) in [5, 5.41) is 0. The van der Waals surface area contributed by atoms with Gasteiger partial charge in [-0.15, -0.1) is 0 Å². The van der Waals surface area contributed by atoms with E-state index in [1.54, 1.807) is 0 Å². The highest BCUT2D eigenvalue weighted by Gasteiger charge is 2.13. The van der Waals surface area contributed by atoms with Crippen molar-refractivity contribution < 1.29 is 4.74 Å². The molecule has 0 amide bonds. The Morgan fingerprint density at radius 2 is 1.78 bits per heavy atom. The molecule has 9 heavy (non-hydrogen) atoms. The Hall–Kier alpha value is -0.0400. The molecular weight excluding hydrogens is 112 g/mol. The lowest BCUT2D eigenvalue weighted by Crippen LogP contribution is -2.23. The van der Waals surface area contributed by atoms with Crippen LogP contribution in [0.25, 0.3) is 0 Å². The minimum absolute atomic E-state index is 0.0933. The molecule has 1 nitrogen and oxygen atoms in total. The summed E-state index contributed by atoms with van der Waals surface area (Å²) < 4.78 is 5.53. The summed E-state index contributed by atoms with van der Waals surface area (Å²) in [6.45, 7) is 9.42. The highest BCUT2D eigenvalue weighted by Crippen LogP contribution is 2.12. The molecule has 56 valence electrons. The van der Waals surface area contributed by atoms with Gasteiger partial charge in [-0.1, -0.05) is 13.8 Å². The molecule has 1 heteroatoms. The molecule has 0 rings (SSSR count). The highest BCUT2D eigenvalue weighted by molar-refractivity contribution is 4.64. The van der Waals surface area contributed by atoms with Crippen molar-refractivity contribution in [3.8, 4) is 0 Å². The van der Waals surface area contributed by atoms with Gasteiger partial charge in [0.1, 0.15) is 0 Å². The highest BCUT2D eigenvalue weighted by atomic mass is 16.5. The van der Waals surface area contributed by atoms with E-state index in [4.69, 9.17) is 4.74 Å². The third-order valence-electron chi connectivity index (χ3n) is 1.55. The molecule has 0 radical (unpaired) electrons. The maximum atomic E-state index is 5.53. The normalized spacial score (nSPS) is 12.0. The van der Waals surface area contributed by atoms with Crippen LogP contribution in [0.1, 0.15) is 40.5 Å². The Balaban J connectivity index is 3.33. The molecule has 0 aromatic heterocycles. The fourth-order valence-electron chi connectivity index (χ4n) is 0.480. The Kier molecular flexibility index (Phi) is 3.87. The van der Waals surface area contributed by atoms with Gasteiger partial charge in [-0.25, -0.2) is 0 Å². The molecule has 0 spiro atoms. The first kappa shape index (κ1) is 8.96. The Morgan fingerprint density at radius 1 is 1.22 bits per heavy atom. The molecule has 0 N–H and O–H groups in total. The molecule has 0 bridgehead atoms. The van der Waals surface area contributed by atoms with E-state index in [9.17, 15) is 0 Å². The molecule has 0 saturated heterocycles. The van der Waals surface area contributed by atoms with E-state index in [2.05, 4.69) is 27.7 Å². The molecule has 0 atom stereocenters. The predicted molar refractivity (Wildman–Crippen MR) is 40.6 cm³/mol. The maximum Gasteiger partial charge on any atom is 0.0623 e. The van der Waals surface area contributed by atoms with Gasteiger partial charge >= 0.3 is 0 Å². The number of hydrogen-bond donors (Lipinski definition) is 0. The second kappa shape index (κ2) is 3.89. The lowest BCUT2D eigenvalue weighted by atomic mass is 10.1. The number of rotatable bonds is 4. The zero-order chi connectivity index (χ0) is 7.33.